The number of rotatable bonds is 9. The average molecular weight is 1200 g/mol. The lowest BCUT2D eigenvalue weighted by Crippen LogP contribution is -2.20. The zero-order chi connectivity index (χ0) is 61.9. The van der Waals surface area contributed by atoms with Crippen molar-refractivity contribution in [3.8, 4) is 39.8 Å². The van der Waals surface area contributed by atoms with E-state index in [4.69, 9.17) is 4.98 Å². The van der Waals surface area contributed by atoms with Crippen LogP contribution in [-0.4, -0.2) is 37.0 Å². The molecule has 8 heteroatoms. The van der Waals surface area contributed by atoms with Crippen LogP contribution in [0.1, 0.15) is 11.3 Å². The molecule has 8 nitrogen and oxygen atoms in total. The summed E-state index contributed by atoms with van der Waals surface area (Å²) in [6, 6.07) is 105. The molecular weight excluding hydrogens is 1150 g/mol. The fourth-order valence-corrected chi connectivity index (χ4v) is 16.2. The molecule has 0 amide bonds. The second-order valence-corrected chi connectivity index (χ2v) is 24.7. The van der Waals surface area contributed by atoms with E-state index in [9.17, 15) is 0 Å². The number of nitrogens with zero attached hydrogens (tertiary/aromatic N) is 8. The van der Waals surface area contributed by atoms with E-state index >= 15 is 0 Å². The summed E-state index contributed by atoms with van der Waals surface area (Å²) in [7, 11) is 0. The van der Waals surface area contributed by atoms with Crippen molar-refractivity contribution in [3.05, 3.63) is 321 Å². The molecule has 7 aromatic heterocycles. The predicted molar refractivity (Wildman–Crippen MR) is 394 cm³/mol. The van der Waals surface area contributed by atoms with Crippen molar-refractivity contribution in [2.75, 3.05) is 0 Å². The van der Waals surface area contributed by atoms with Gasteiger partial charge in [0, 0.05) is 70.6 Å². The summed E-state index contributed by atoms with van der Waals surface area (Å²) in [5.74, 6) is 0. The summed E-state index contributed by atoms with van der Waals surface area (Å²) in [6.07, 6.45) is 8.33. The lowest BCUT2D eigenvalue weighted by Gasteiger charge is -2.32. The van der Waals surface area contributed by atoms with Crippen LogP contribution in [-0.2, 0) is 0 Å². The number of aromatic nitrogens is 8. The molecule has 0 radical (unpaired) electrons. The zero-order valence-corrected chi connectivity index (χ0v) is 51.2. The Kier molecular flexibility index (Phi) is 11.1. The molecule has 440 valence electrons. The Labute approximate surface area is 539 Å². The first-order valence-corrected chi connectivity index (χ1v) is 32.2. The van der Waals surface area contributed by atoms with Crippen LogP contribution in [0.4, 0.5) is 0 Å². The summed E-state index contributed by atoms with van der Waals surface area (Å²) >= 11 is 0. The van der Waals surface area contributed by atoms with Crippen molar-refractivity contribution < 1.29 is 0 Å². The number of fused-ring (bicyclic) bond motifs is 17. The summed E-state index contributed by atoms with van der Waals surface area (Å²) in [5, 5.41) is 12.7. The quantitative estimate of drug-likeness (QED) is 0.133. The molecule has 7 heterocycles. The molecule has 0 saturated carbocycles. The number of allylic oxidation sites excluding steroid dienone is 2. The number of hydrogen-bond acceptors (Lipinski definition) is 1. The molecule has 20 aromatic rings. The molecule has 0 N–H and O–H groups in total. The highest BCUT2D eigenvalue weighted by Crippen LogP contribution is 2.53. The van der Waals surface area contributed by atoms with Gasteiger partial charge in [-0.25, -0.2) is 4.98 Å². The Morgan fingerprint density at radius 3 is 0.947 bits per heavy atom. The van der Waals surface area contributed by atoms with Crippen LogP contribution in [0.3, 0.4) is 0 Å². The van der Waals surface area contributed by atoms with E-state index in [-0.39, 0.29) is 0 Å². The van der Waals surface area contributed by atoms with Gasteiger partial charge in [0.1, 0.15) is 6.33 Å². The number of imidazole rings is 1. The molecule has 0 spiro atoms. The summed E-state index contributed by atoms with van der Waals surface area (Å²) < 4.78 is 17.8. The Morgan fingerprint density at radius 2 is 0.564 bits per heavy atom. The van der Waals surface area contributed by atoms with Crippen LogP contribution < -0.4 is 0 Å². The van der Waals surface area contributed by atoms with E-state index in [0.717, 1.165) is 171 Å². The van der Waals surface area contributed by atoms with Gasteiger partial charge >= 0.3 is 0 Å². The van der Waals surface area contributed by atoms with Crippen LogP contribution in [0.15, 0.2) is 310 Å². The molecule has 0 saturated heterocycles. The van der Waals surface area contributed by atoms with Crippen molar-refractivity contribution in [2.24, 2.45) is 0 Å². The predicted octanol–water partition coefficient (Wildman–Crippen LogP) is 22.0. The molecule has 20 rings (SSSR count). The maximum atomic E-state index is 5.42. The third-order valence-corrected chi connectivity index (χ3v) is 20.0. The normalized spacial score (nSPS) is 12.3. The summed E-state index contributed by atoms with van der Waals surface area (Å²) in [4.78, 5) is 5.42. The molecule has 0 aliphatic rings. The molecule has 0 unspecified atom stereocenters. The first-order chi connectivity index (χ1) is 46.6. The first kappa shape index (κ1) is 52.2. The monoisotopic (exact) mass is 1200 g/mol. The maximum Gasteiger partial charge on any atom is 0.101 e. The van der Waals surface area contributed by atoms with Crippen LogP contribution in [0.5, 0.6) is 0 Å². The highest BCUT2D eigenvalue weighted by molar-refractivity contribution is 6.18. The third kappa shape index (κ3) is 7.08. The highest BCUT2D eigenvalue weighted by Gasteiger charge is 2.38. The standard InChI is InChI=1S/C86H56N8/c1-3-4-38-68-54(2)56-27-5-16-39-69(56)90(68)84-82(91-72-42-19-8-30-59(72)60-31-9-20-43-73(60)91)81(88-53-87-67-37-15-26-49-80(67)88)83(92-74-44-21-10-32-61(74)62-33-11-22-45-75(62)92)85(93-76-46-23-12-34-63(76)64-35-13-24-47-77(64)93)86(84)94-78-48-25-14-36-65(78)66-52-55(50-51-79(66)94)89-70-40-17-6-28-57(70)58-29-7-18-41-71(58)89/h3-53H,1H2,2H3/b38-4-. The number of hydrogen-bond donors (Lipinski definition) is 0. The van der Waals surface area contributed by atoms with Crippen LogP contribution in [0.25, 0.3) is 177 Å². The van der Waals surface area contributed by atoms with Gasteiger partial charge in [0.2, 0.25) is 0 Å². The van der Waals surface area contributed by atoms with E-state index in [1.54, 1.807) is 0 Å². The molecule has 0 aliphatic carbocycles. The first-order valence-electron chi connectivity index (χ1n) is 32.2. The van der Waals surface area contributed by atoms with E-state index < -0.39 is 0 Å². The summed E-state index contributed by atoms with van der Waals surface area (Å²) in [5.41, 5.74) is 22.7. The molecule has 0 aliphatic heterocycles. The largest absolute Gasteiger partial charge is 0.309 e. The zero-order valence-electron chi connectivity index (χ0n) is 51.2. The van der Waals surface area contributed by atoms with Gasteiger partial charge in [0.05, 0.1) is 106 Å². The van der Waals surface area contributed by atoms with Crippen LogP contribution >= 0.6 is 0 Å². The van der Waals surface area contributed by atoms with Crippen molar-refractivity contribution in [3.63, 3.8) is 0 Å². The van der Waals surface area contributed by atoms with Gasteiger partial charge in [-0.1, -0.05) is 213 Å². The lowest BCUT2D eigenvalue weighted by atomic mass is 10.0. The van der Waals surface area contributed by atoms with Crippen molar-refractivity contribution >= 4 is 137 Å². The minimum absolute atomic E-state index is 0.881. The molecule has 0 bridgehead atoms. The van der Waals surface area contributed by atoms with Crippen molar-refractivity contribution in [1.82, 2.24) is 37.0 Å². The van der Waals surface area contributed by atoms with Crippen LogP contribution in [0.2, 0.25) is 0 Å². The molecule has 13 aromatic carbocycles. The lowest BCUT2D eigenvalue weighted by molar-refractivity contribution is 0.946. The molecule has 0 atom stereocenters. The molecule has 0 fully saturated rings. The average Bonchev–Trinajstić information content (AvgIpc) is 1.43. The van der Waals surface area contributed by atoms with Crippen LogP contribution in [0, 0.1) is 6.92 Å². The SMILES string of the molecule is C=C/C=C\c1c(C)c2ccccc2n1-c1c(-n2c3ccccc3c3ccccc32)c(-n2cnc3ccccc32)c(-n2c3ccccc3c3ccccc32)c(-n2c3ccccc3c3ccccc32)c1-n1c2ccccc2c2cc(-n3c4ccccc4c4ccccc43)ccc21. The van der Waals surface area contributed by atoms with Crippen molar-refractivity contribution in [2.45, 2.75) is 6.92 Å². The van der Waals surface area contributed by atoms with Gasteiger partial charge in [0.15, 0.2) is 0 Å². The maximum absolute atomic E-state index is 5.42. The van der Waals surface area contributed by atoms with Gasteiger partial charge in [-0.05, 0) is 110 Å². The minimum Gasteiger partial charge on any atom is -0.309 e. The van der Waals surface area contributed by atoms with E-state index in [2.05, 4.69) is 349 Å². The van der Waals surface area contributed by atoms with Gasteiger partial charge in [-0.3, -0.25) is 4.57 Å². The topological polar surface area (TPSA) is 47.4 Å². The van der Waals surface area contributed by atoms with E-state index in [1.165, 1.54) is 10.8 Å². The fraction of sp³-hybridized carbons (Fsp3) is 0.0116. The smallest absolute Gasteiger partial charge is 0.101 e. The Bertz CT molecular complexity index is 6440. The number of benzene rings is 13. The fourth-order valence-electron chi connectivity index (χ4n) is 16.2. The Hall–Kier alpha value is -12.7. The van der Waals surface area contributed by atoms with Gasteiger partial charge in [-0.15, -0.1) is 0 Å². The van der Waals surface area contributed by atoms with E-state index in [0.29, 0.717) is 0 Å². The van der Waals surface area contributed by atoms with Gasteiger partial charge in [-0.2, -0.15) is 0 Å². The highest BCUT2D eigenvalue weighted by atomic mass is 15.2. The number of para-hydroxylation sites is 12. The van der Waals surface area contributed by atoms with Gasteiger partial charge in [0.25, 0.3) is 0 Å². The second kappa shape index (κ2) is 19.9. The summed E-state index contributed by atoms with van der Waals surface area (Å²) in [6.45, 7) is 6.60. The Balaban J connectivity index is 1.14. The Morgan fingerprint density at radius 1 is 0.277 bits per heavy atom. The second-order valence-electron chi connectivity index (χ2n) is 24.7. The number of aryl methyl sites for hydroxylation is 1. The van der Waals surface area contributed by atoms with E-state index in [1.807, 2.05) is 6.08 Å². The van der Waals surface area contributed by atoms with Crippen molar-refractivity contribution in [1.29, 1.82) is 0 Å². The van der Waals surface area contributed by atoms with Gasteiger partial charge < -0.3 is 27.4 Å². The molecule has 94 heavy (non-hydrogen) atoms. The third-order valence-electron chi connectivity index (χ3n) is 20.0. The minimum atomic E-state index is 0.881. The molecular formula is C86H56N8.